The Hall–Kier alpha value is 0.910. The Kier molecular flexibility index (Phi) is 9.15. The van der Waals surface area contributed by atoms with Gasteiger partial charge in [0.15, 0.2) is 0 Å². The first kappa shape index (κ1) is 12.9. The molecule has 0 N–H and O–H groups in total. The molecule has 0 aliphatic heterocycles. The van der Waals surface area contributed by atoms with Gasteiger partial charge in [0.1, 0.15) is 0 Å². The molecule has 1 unspecified atom stereocenters. The highest BCUT2D eigenvalue weighted by Crippen LogP contribution is 2.45. The van der Waals surface area contributed by atoms with Gasteiger partial charge in [-0.05, 0) is 31.3 Å². The summed E-state index contributed by atoms with van der Waals surface area (Å²) in [5, 5.41) is 0. The minimum Gasteiger partial charge on any atom is -0.0650 e. The van der Waals surface area contributed by atoms with Crippen molar-refractivity contribution in [3.63, 3.8) is 0 Å². The number of unbranched alkanes of at least 4 members (excludes halogenated alkanes) is 1. The third-order valence-corrected chi connectivity index (χ3v) is 5.76. The van der Waals surface area contributed by atoms with Crippen molar-refractivity contribution in [2.24, 2.45) is 5.92 Å². The second-order valence-corrected chi connectivity index (χ2v) is 8.63. The summed E-state index contributed by atoms with van der Waals surface area (Å²) in [6, 6.07) is 0. The van der Waals surface area contributed by atoms with Crippen molar-refractivity contribution in [2.45, 2.75) is 46.5 Å². The molecule has 0 aliphatic carbocycles. The molecule has 0 heterocycles. The Labute approximate surface area is 87.0 Å². The molecule has 12 heavy (non-hydrogen) atoms. The molecule has 0 radical (unpaired) electrons. The zero-order valence-corrected chi connectivity index (χ0v) is 11.1. The Balaban J connectivity index is 3.08. The maximum absolute atomic E-state index is 3.77. The zero-order valence-electron chi connectivity index (χ0n) is 8.65. The van der Waals surface area contributed by atoms with E-state index in [1.165, 1.54) is 38.0 Å². The van der Waals surface area contributed by atoms with E-state index >= 15 is 0 Å². The summed E-state index contributed by atoms with van der Waals surface area (Å²) in [7, 11) is 0. The third-order valence-electron chi connectivity index (χ3n) is 1.90. The van der Waals surface area contributed by atoms with E-state index in [9.17, 15) is 0 Å². The molecular weight excluding hydrogens is 231 g/mol. The quantitative estimate of drug-likeness (QED) is 0.441. The van der Waals surface area contributed by atoms with Gasteiger partial charge in [-0.1, -0.05) is 55.5 Å². The minimum atomic E-state index is 0.201. The number of halogens is 1. The zero-order chi connectivity index (χ0) is 9.40. The van der Waals surface area contributed by atoms with Crippen LogP contribution in [0.3, 0.4) is 0 Å². The highest BCUT2D eigenvalue weighted by Gasteiger charge is 2.01. The predicted octanol–water partition coefficient (Wildman–Crippen LogP) is 5.01. The molecule has 0 fully saturated rings. The van der Waals surface area contributed by atoms with E-state index in [0.29, 0.717) is 0 Å². The second-order valence-electron chi connectivity index (χ2n) is 3.80. The van der Waals surface area contributed by atoms with Crippen molar-refractivity contribution < 1.29 is 0 Å². The first-order chi connectivity index (χ1) is 5.66. The molecule has 0 aliphatic rings. The average Bonchev–Trinajstić information content (AvgIpc) is 1.98. The largest absolute Gasteiger partial charge is 0.0650 e. The minimum absolute atomic E-state index is 0.201. The van der Waals surface area contributed by atoms with Crippen LogP contribution in [0.1, 0.15) is 46.5 Å². The van der Waals surface area contributed by atoms with Gasteiger partial charge in [-0.3, -0.25) is 0 Å². The first-order valence-electron chi connectivity index (χ1n) is 5.07. The van der Waals surface area contributed by atoms with Crippen LogP contribution in [-0.2, 0) is 0 Å². The van der Waals surface area contributed by atoms with Crippen LogP contribution in [0.15, 0.2) is 0 Å². The standard InChI is InChI=1S/C10H22BrP/c1-4-8-12(11)9-6-5-7-10(2)3/h10H,4-9H2,1-3H3. The van der Waals surface area contributed by atoms with Crippen LogP contribution in [0.2, 0.25) is 0 Å². The molecule has 74 valence electrons. The van der Waals surface area contributed by atoms with Crippen LogP contribution in [0, 0.1) is 5.92 Å². The molecule has 0 bridgehead atoms. The normalized spacial score (nSPS) is 13.8. The lowest BCUT2D eigenvalue weighted by Gasteiger charge is -2.08. The van der Waals surface area contributed by atoms with Gasteiger partial charge in [0, 0.05) is 0 Å². The van der Waals surface area contributed by atoms with Crippen molar-refractivity contribution in [3.8, 4) is 0 Å². The van der Waals surface area contributed by atoms with Gasteiger partial charge in [0.05, 0.1) is 0 Å². The van der Waals surface area contributed by atoms with Crippen LogP contribution >= 0.6 is 22.1 Å². The smallest absolute Gasteiger partial charge is 0.0227 e. The van der Waals surface area contributed by atoms with E-state index in [0.717, 1.165) is 5.92 Å². The van der Waals surface area contributed by atoms with E-state index in [1.54, 1.807) is 0 Å². The van der Waals surface area contributed by atoms with E-state index in [1.807, 2.05) is 0 Å². The van der Waals surface area contributed by atoms with Gasteiger partial charge in [-0.2, -0.15) is 0 Å². The topological polar surface area (TPSA) is 0 Å². The monoisotopic (exact) mass is 252 g/mol. The maximum atomic E-state index is 3.77. The van der Waals surface area contributed by atoms with Gasteiger partial charge >= 0.3 is 0 Å². The molecule has 0 aromatic heterocycles. The van der Waals surface area contributed by atoms with Gasteiger partial charge in [0.25, 0.3) is 0 Å². The summed E-state index contributed by atoms with van der Waals surface area (Å²) in [6.45, 7) is 7.09. The van der Waals surface area contributed by atoms with Crippen molar-refractivity contribution in [1.29, 1.82) is 0 Å². The van der Waals surface area contributed by atoms with E-state index in [-0.39, 0.29) is 6.62 Å². The van der Waals surface area contributed by atoms with Gasteiger partial charge in [0.2, 0.25) is 0 Å². The van der Waals surface area contributed by atoms with Crippen LogP contribution in [0.4, 0.5) is 0 Å². The van der Waals surface area contributed by atoms with Crippen LogP contribution in [-0.4, -0.2) is 12.3 Å². The summed E-state index contributed by atoms with van der Waals surface area (Å²) in [5.74, 6) is 0.887. The fourth-order valence-electron chi connectivity index (χ4n) is 1.19. The van der Waals surface area contributed by atoms with Crippen LogP contribution < -0.4 is 0 Å². The molecule has 2 heteroatoms. The Morgan fingerprint density at radius 1 is 1.17 bits per heavy atom. The summed E-state index contributed by atoms with van der Waals surface area (Å²) in [5.41, 5.74) is 0. The van der Waals surface area contributed by atoms with Crippen molar-refractivity contribution >= 4 is 22.1 Å². The Bertz CT molecular complexity index is 93.8. The molecule has 0 saturated heterocycles. The fraction of sp³-hybridized carbons (Fsp3) is 1.00. The molecule has 0 spiro atoms. The third kappa shape index (κ3) is 9.00. The van der Waals surface area contributed by atoms with Crippen molar-refractivity contribution in [3.05, 3.63) is 0 Å². The summed E-state index contributed by atoms with van der Waals surface area (Å²) < 4.78 is 0. The van der Waals surface area contributed by atoms with Gasteiger partial charge in [-0.15, -0.1) is 0 Å². The average molecular weight is 253 g/mol. The lowest BCUT2D eigenvalue weighted by molar-refractivity contribution is 0.551. The predicted molar refractivity (Wildman–Crippen MR) is 64.6 cm³/mol. The molecule has 0 amide bonds. The second kappa shape index (κ2) is 8.51. The number of hydrogen-bond acceptors (Lipinski definition) is 0. The summed E-state index contributed by atoms with van der Waals surface area (Å²) in [6.07, 6.45) is 8.41. The molecule has 1 atom stereocenters. The molecular formula is C10H22BrP. The van der Waals surface area contributed by atoms with Crippen LogP contribution in [0.5, 0.6) is 0 Å². The van der Waals surface area contributed by atoms with Crippen molar-refractivity contribution in [1.82, 2.24) is 0 Å². The van der Waals surface area contributed by atoms with Gasteiger partial charge in [-0.25, -0.2) is 0 Å². The van der Waals surface area contributed by atoms with Crippen molar-refractivity contribution in [2.75, 3.05) is 12.3 Å². The highest BCUT2D eigenvalue weighted by molar-refractivity contribution is 9.39. The summed E-state index contributed by atoms with van der Waals surface area (Å²) in [4.78, 5) is 0. The van der Waals surface area contributed by atoms with Crippen LogP contribution in [0.25, 0.3) is 0 Å². The maximum Gasteiger partial charge on any atom is -0.0227 e. The molecule has 0 nitrogen and oxygen atoms in total. The molecule has 0 aromatic carbocycles. The SMILES string of the molecule is CCCP(Br)CCCCC(C)C. The lowest BCUT2D eigenvalue weighted by Crippen LogP contribution is -1.89. The molecule has 0 rings (SSSR count). The lowest BCUT2D eigenvalue weighted by atomic mass is 10.1. The van der Waals surface area contributed by atoms with E-state index < -0.39 is 0 Å². The Morgan fingerprint density at radius 3 is 2.33 bits per heavy atom. The first-order valence-corrected chi connectivity index (χ1v) is 8.80. The van der Waals surface area contributed by atoms with E-state index in [2.05, 4.69) is 36.3 Å². The number of rotatable bonds is 7. The summed E-state index contributed by atoms with van der Waals surface area (Å²) >= 11 is 3.77. The Morgan fingerprint density at radius 2 is 1.83 bits per heavy atom. The number of hydrogen-bond donors (Lipinski definition) is 0. The fourth-order valence-corrected chi connectivity index (χ4v) is 4.28. The molecule has 0 aromatic rings. The highest BCUT2D eigenvalue weighted by atomic mass is 79.9. The van der Waals surface area contributed by atoms with Gasteiger partial charge < -0.3 is 0 Å². The van der Waals surface area contributed by atoms with E-state index in [4.69, 9.17) is 0 Å². The molecule has 0 saturated carbocycles.